The largest absolute Gasteiger partial charge is 0.364 e. The van der Waals surface area contributed by atoms with Crippen LogP contribution in [0.2, 0.25) is 0 Å². The van der Waals surface area contributed by atoms with Crippen LogP contribution >= 0.6 is 0 Å². The molecule has 1 aliphatic heterocycles. The fourth-order valence-corrected chi connectivity index (χ4v) is 3.04. The predicted molar refractivity (Wildman–Crippen MR) is 91.0 cm³/mol. The van der Waals surface area contributed by atoms with Gasteiger partial charge in [0.1, 0.15) is 17.7 Å². The fourth-order valence-electron chi connectivity index (χ4n) is 3.04. The highest BCUT2D eigenvalue weighted by Crippen LogP contribution is 2.24. The Balaban J connectivity index is 1.66. The smallest absolute Gasteiger partial charge is 0.281 e. The highest BCUT2D eigenvalue weighted by Gasteiger charge is 2.24. The van der Waals surface area contributed by atoms with Gasteiger partial charge in [-0.3, -0.25) is 4.40 Å². The lowest BCUT2D eigenvalue weighted by molar-refractivity contribution is 0.145. The van der Waals surface area contributed by atoms with Crippen LogP contribution < -0.4 is 10.6 Å². The summed E-state index contributed by atoms with van der Waals surface area (Å²) in [5.41, 5.74) is 1.24. The topological polar surface area (TPSA) is 67.1 Å². The third kappa shape index (κ3) is 3.22. The monoisotopic (exact) mass is 362 g/mol. The van der Waals surface area contributed by atoms with Crippen LogP contribution in [0.25, 0.3) is 17.0 Å². The normalized spacial score (nSPS) is 20.6. The van der Waals surface area contributed by atoms with Gasteiger partial charge < -0.3 is 10.6 Å². The van der Waals surface area contributed by atoms with Crippen LogP contribution in [0.4, 0.5) is 19.0 Å². The van der Waals surface area contributed by atoms with E-state index in [1.165, 1.54) is 16.8 Å². The molecule has 0 aromatic carbocycles. The van der Waals surface area contributed by atoms with E-state index in [0.717, 1.165) is 6.54 Å². The van der Waals surface area contributed by atoms with Crippen molar-refractivity contribution < 1.29 is 13.2 Å². The molecule has 0 spiro atoms. The molecule has 0 saturated carbocycles. The number of rotatable bonds is 4. The summed E-state index contributed by atoms with van der Waals surface area (Å²) in [6.45, 7) is 1.06. The number of alkyl halides is 3. The van der Waals surface area contributed by atoms with Crippen molar-refractivity contribution in [3.8, 4) is 11.4 Å². The van der Waals surface area contributed by atoms with E-state index >= 15 is 0 Å². The molecule has 2 atom stereocenters. The van der Waals surface area contributed by atoms with Gasteiger partial charge in [0.15, 0.2) is 5.65 Å². The van der Waals surface area contributed by atoms with Crippen LogP contribution in [-0.4, -0.2) is 44.7 Å². The lowest BCUT2D eigenvalue weighted by atomic mass is 10.1. The molecule has 6 nitrogen and oxygen atoms in total. The second-order valence-corrected chi connectivity index (χ2v) is 6.15. The maximum atomic E-state index is 14.0. The van der Waals surface area contributed by atoms with Crippen molar-refractivity contribution in [1.29, 1.82) is 0 Å². The summed E-state index contributed by atoms with van der Waals surface area (Å²) >= 11 is 0. The van der Waals surface area contributed by atoms with E-state index in [1.54, 1.807) is 24.4 Å². The van der Waals surface area contributed by atoms with E-state index in [2.05, 4.69) is 25.6 Å². The molecule has 4 rings (SSSR count). The summed E-state index contributed by atoms with van der Waals surface area (Å²) in [4.78, 5) is 12.4. The fraction of sp³-hybridized carbons (Fsp3) is 0.353. The van der Waals surface area contributed by atoms with Crippen molar-refractivity contribution in [2.45, 2.75) is 25.1 Å². The van der Waals surface area contributed by atoms with Crippen LogP contribution in [0, 0.1) is 0 Å². The highest BCUT2D eigenvalue weighted by atomic mass is 19.3. The Hall–Kier alpha value is -2.68. The maximum Gasteiger partial charge on any atom is 0.281 e. The molecule has 1 aliphatic rings. The van der Waals surface area contributed by atoms with E-state index in [9.17, 15) is 13.2 Å². The molecule has 1 fully saturated rings. The number of nitrogens with one attached hydrogen (secondary N) is 2. The zero-order valence-corrected chi connectivity index (χ0v) is 13.7. The Morgan fingerprint density at radius 3 is 2.92 bits per heavy atom. The Bertz CT molecular complexity index is 912. The van der Waals surface area contributed by atoms with E-state index in [0.29, 0.717) is 35.8 Å². The van der Waals surface area contributed by atoms with Gasteiger partial charge in [0.2, 0.25) is 0 Å². The van der Waals surface area contributed by atoms with Crippen LogP contribution in [0.3, 0.4) is 0 Å². The van der Waals surface area contributed by atoms with Gasteiger partial charge in [0.05, 0.1) is 29.8 Å². The third-order valence-corrected chi connectivity index (χ3v) is 4.39. The Morgan fingerprint density at radius 1 is 1.23 bits per heavy atom. The van der Waals surface area contributed by atoms with Crippen molar-refractivity contribution in [2.24, 2.45) is 0 Å². The van der Waals surface area contributed by atoms with Crippen molar-refractivity contribution in [1.82, 2.24) is 24.7 Å². The number of hydrogen-bond acceptors (Lipinski definition) is 5. The summed E-state index contributed by atoms with van der Waals surface area (Å²) in [5.74, 6) is 0.537. The van der Waals surface area contributed by atoms with Gasteiger partial charge in [0.25, 0.3) is 6.43 Å². The molecule has 3 aromatic rings. The Kier molecular flexibility index (Phi) is 4.46. The summed E-state index contributed by atoms with van der Waals surface area (Å²) in [5, 5.41) is 6.13. The first-order chi connectivity index (χ1) is 12.6. The summed E-state index contributed by atoms with van der Waals surface area (Å²) in [6, 6.07) is 4.99. The summed E-state index contributed by atoms with van der Waals surface area (Å²) in [7, 11) is 0. The van der Waals surface area contributed by atoms with Crippen LogP contribution in [0.1, 0.15) is 18.5 Å². The van der Waals surface area contributed by atoms with E-state index in [1.807, 2.05) is 0 Å². The number of aromatic nitrogens is 4. The van der Waals surface area contributed by atoms with Crippen LogP contribution in [-0.2, 0) is 0 Å². The highest BCUT2D eigenvalue weighted by molar-refractivity contribution is 5.61. The van der Waals surface area contributed by atoms with E-state index < -0.39 is 12.6 Å². The van der Waals surface area contributed by atoms with Crippen molar-refractivity contribution >= 4 is 11.5 Å². The number of fused-ring (bicyclic) bond motifs is 1. The first-order valence-corrected chi connectivity index (χ1v) is 8.32. The standard InChI is InChI=1S/C17H17F3N6/c18-10-6-21-5-4-11(10)24-15-3-1-2-12(25-15)14-7-23-16-8-22-13(17(19)20)9-26(14)16/h1-3,7-11,17,21H,4-6H2,(H,24,25). The number of hydrogen-bond donors (Lipinski definition) is 2. The van der Waals surface area contributed by atoms with E-state index in [4.69, 9.17) is 0 Å². The van der Waals surface area contributed by atoms with Gasteiger partial charge in [-0.15, -0.1) is 0 Å². The first-order valence-electron chi connectivity index (χ1n) is 8.32. The SMILES string of the molecule is FC(F)c1cn2c(-c3cccc(NC4CCNCC4F)n3)cnc2cn1. The molecule has 2 unspecified atom stereocenters. The summed E-state index contributed by atoms with van der Waals surface area (Å²) < 4.78 is 41.4. The Morgan fingerprint density at radius 2 is 2.12 bits per heavy atom. The second-order valence-electron chi connectivity index (χ2n) is 6.15. The Labute approximate surface area is 147 Å². The zero-order chi connectivity index (χ0) is 18.1. The zero-order valence-electron chi connectivity index (χ0n) is 13.7. The van der Waals surface area contributed by atoms with Gasteiger partial charge in [-0.1, -0.05) is 6.07 Å². The third-order valence-electron chi connectivity index (χ3n) is 4.39. The molecule has 0 bridgehead atoms. The van der Waals surface area contributed by atoms with Crippen molar-refractivity contribution in [2.75, 3.05) is 18.4 Å². The number of anilines is 1. The molecule has 0 aliphatic carbocycles. The number of nitrogens with zero attached hydrogens (tertiary/aromatic N) is 4. The lowest BCUT2D eigenvalue weighted by Gasteiger charge is -2.27. The molecular weight excluding hydrogens is 345 g/mol. The lowest BCUT2D eigenvalue weighted by Crippen LogP contribution is -2.45. The van der Waals surface area contributed by atoms with Crippen molar-refractivity contribution in [3.05, 3.63) is 42.5 Å². The average Bonchev–Trinajstić information content (AvgIpc) is 3.07. The minimum atomic E-state index is -2.67. The molecule has 9 heteroatoms. The van der Waals surface area contributed by atoms with Gasteiger partial charge in [-0.25, -0.2) is 28.1 Å². The average molecular weight is 362 g/mol. The van der Waals surface area contributed by atoms with Gasteiger partial charge >= 0.3 is 0 Å². The number of imidazole rings is 1. The van der Waals surface area contributed by atoms with Crippen LogP contribution in [0.5, 0.6) is 0 Å². The molecule has 26 heavy (non-hydrogen) atoms. The quantitative estimate of drug-likeness (QED) is 0.747. The number of piperidine rings is 1. The van der Waals surface area contributed by atoms with Gasteiger partial charge in [0, 0.05) is 12.7 Å². The van der Waals surface area contributed by atoms with Crippen LogP contribution in [0.15, 0.2) is 36.8 Å². The number of halogens is 3. The number of pyridine rings is 1. The molecule has 2 N–H and O–H groups in total. The molecule has 0 amide bonds. The molecule has 3 aromatic heterocycles. The van der Waals surface area contributed by atoms with Crippen molar-refractivity contribution in [3.63, 3.8) is 0 Å². The molecular formula is C17H17F3N6. The second kappa shape index (κ2) is 6.91. The molecule has 0 radical (unpaired) electrons. The molecule has 1 saturated heterocycles. The summed E-state index contributed by atoms with van der Waals surface area (Å²) in [6.07, 6.45) is 1.11. The molecule has 4 heterocycles. The first kappa shape index (κ1) is 16.8. The van der Waals surface area contributed by atoms with Gasteiger partial charge in [-0.05, 0) is 25.1 Å². The predicted octanol–water partition coefficient (Wildman–Crippen LogP) is 2.84. The van der Waals surface area contributed by atoms with E-state index in [-0.39, 0.29) is 11.7 Å². The minimum absolute atomic E-state index is 0.309. The maximum absolute atomic E-state index is 14.0. The van der Waals surface area contributed by atoms with Gasteiger partial charge in [-0.2, -0.15) is 0 Å². The molecule has 136 valence electrons. The minimum Gasteiger partial charge on any atom is -0.364 e.